The molecule has 0 amide bonds. The summed E-state index contributed by atoms with van der Waals surface area (Å²) >= 11 is 0. The molecule has 1 fully saturated rings. The van der Waals surface area contributed by atoms with E-state index in [-0.39, 0.29) is 7.65 Å². The quantitative estimate of drug-likeness (QED) is 0.523. The Morgan fingerprint density at radius 2 is 2.36 bits per heavy atom. The van der Waals surface area contributed by atoms with E-state index in [2.05, 4.69) is 17.1 Å². The molecule has 0 aromatic heterocycles. The lowest BCUT2D eigenvalue weighted by Gasteiger charge is -2.33. The monoisotopic (exact) mass is 202 g/mol. The number of nitrogens with one attached hydrogen (secondary N) is 1. The van der Waals surface area contributed by atoms with Gasteiger partial charge >= 0.3 is 0 Å². The zero-order valence-corrected chi connectivity index (χ0v) is 9.50. The predicted octanol–water partition coefficient (Wildman–Crippen LogP) is 1.42. The van der Waals surface area contributed by atoms with E-state index in [9.17, 15) is 0 Å². The van der Waals surface area contributed by atoms with Gasteiger partial charge in [0.05, 0.1) is 0 Å². The van der Waals surface area contributed by atoms with Gasteiger partial charge in [0.2, 0.25) is 0 Å². The summed E-state index contributed by atoms with van der Waals surface area (Å²) in [6.45, 7) is 7.43. The summed E-state index contributed by atoms with van der Waals surface area (Å²) in [4.78, 5) is 2.56. The van der Waals surface area contributed by atoms with Crippen molar-refractivity contribution < 1.29 is 6.53 Å². The van der Waals surface area contributed by atoms with Gasteiger partial charge in [-0.25, -0.2) is 0 Å². The van der Waals surface area contributed by atoms with Crippen LogP contribution < -0.4 is 5.32 Å². The van der Waals surface area contributed by atoms with Crippen LogP contribution in [-0.4, -0.2) is 41.9 Å². The number of hydrogen-bond donors (Lipinski definition) is 2. The van der Waals surface area contributed by atoms with Gasteiger partial charge in [-0.2, -0.15) is 0 Å². The Labute approximate surface area is 89.0 Å². The first-order valence-corrected chi connectivity index (χ1v) is 5.85. The molecule has 3 heteroatoms. The fourth-order valence-corrected chi connectivity index (χ4v) is 2.08. The lowest BCUT2D eigenvalue weighted by Crippen LogP contribution is -2.39. The highest BCUT2D eigenvalue weighted by molar-refractivity contribution is 4.72. The Balaban J connectivity index is 0.00000196. The molecule has 0 spiro atoms. The van der Waals surface area contributed by atoms with E-state index in [1.807, 2.05) is 0 Å². The lowest BCUT2D eigenvalue weighted by molar-refractivity contribution is 0.140. The highest BCUT2D eigenvalue weighted by Crippen LogP contribution is 2.15. The second-order valence-electron chi connectivity index (χ2n) is 4.36. The summed E-state index contributed by atoms with van der Waals surface area (Å²) < 4.78 is 0. The molecule has 1 heterocycles. The Bertz CT molecular complexity index is 156. The smallest absolute Gasteiger partial charge is 0.102 e. The van der Waals surface area contributed by atoms with Gasteiger partial charge in [0.15, 0.2) is 0 Å². The van der Waals surface area contributed by atoms with Crippen molar-refractivity contribution in [3.05, 3.63) is 0 Å². The summed E-state index contributed by atoms with van der Waals surface area (Å²) in [5.74, 6) is 0. The molecule has 0 aromatic rings. The van der Waals surface area contributed by atoms with Crippen LogP contribution in [0.3, 0.4) is 0 Å². The third kappa shape index (κ3) is 4.40. The van der Waals surface area contributed by atoms with Crippen molar-refractivity contribution in [2.45, 2.75) is 51.8 Å². The second-order valence-corrected chi connectivity index (χ2v) is 4.36. The van der Waals surface area contributed by atoms with Gasteiger partial charge in [-0.3, -0.25) is 5.32 Å². The highest BCUT2D eigenvalue weighted by Gasteiger charge is 2.16. The Kier molecular flexibility index (Phi) is 5.45. The van der Waals surface area contributed by atoms with E-state index in [4.69, 9.17) is 5.11 Å². The molecular weight excluding hydrogens is 176 g/mol. The number of nitrogens with zero attached hydrogens (tertiary/aromatic N) is 1. The summed E-state index contributed by atoms with van der Waals surface area (Å²) in [6.07, 6.45) is 4.87. The molecular formula is C11H26N2O. The molecule has 86 valence electrons. The van der Waals surface area contributed by atoms with Gasteiger partial charge in [-0.15, -0.1) is 0 Å². The second kappa shape index (κ2) is 6.38. The lowest BCUT2D eigenvalue weighted by atomic mass is 10.0. The van der Waals surface area contributed by atoms with Crippen LogP contribution in [0, 0.1) is 0 Å². The van der Waals surface area contributed by atoms with Crippen molar-refractivity contribution in [3.63, 3.8) is 0 Å². The number of aliphatic hydroxyl groups is 1. The Morgan fingerprint density at radius 3 is 3.00 bits per heavy atom. The van der Waals surface area contributed by atoms with Crippen LogP contribution in [0.15, 0.2) is 0 Å². The number of aliphatic hydroxyl groups excluding tert-OH is 1. The van der Waals surface area contributed by atoms with Crippen molar-refractivity contribution in [1.29, 1.82) is 0 Å². The normalized spacial score (nSPS) is 26.4. The van der Waals surface area contributed by atoms with Crippen molar-refractivity contribution in [1.82, 2.24) is 10.2 Å². The molecule has 1 aliphatic rings. The molecule has 2 atom stereocenters. The van der Waals surface area contributed by atoms with E-state index < -0.39 is 0 Å². The van der Waals surface area contributed by atoms with Gasteiger partial charge in [0, 0.05) is 7.47 Å². The average molecular weight is 202 g/mol. The third-order valence-electron chi connectivity index (χ3n) is 3.00. The van der Waals surface area contributed by atoms with Gasteiger partial charge in [-0.1, -0.05) is 6.42 Å². The third-order valence-corrected chi connectivity index (χ3v) is 3.00. The zero-order chi connectivity index (χ0) is 10.4. The highest BCUT2D eigenvalue weighted by atomic mass is 16.3. The molecule has 0 radical (unpaired) electrons. The van der Waals surface area contributed by atoms with Gasteiger partial charge < -0.3 is 10.0 Å². The summed E-state index contributed by atoms with van der Waals surface area (Å²) in [6, 6.07) is 0.760. The van der Waals surface area contributed by atoms with Crippen molar-refractivity contribution in [3.8, 4) is 0 Å². The van der Waals surface area contributed by atoms with Crippen LogP contribution in [0.25, 0.3) is 0 Å². The Morgan fingerprint density at radius 1 is 1.57 bits per heavy atom. The molecule has 0 bridgehead atoms. The molecule has 0 aromatic carbocycles. The van der Waals surface area contributed by atoms with Crippen molar-refractivity contribution in [2.24, 2.45) is 0 Å². The summed E-state index contributed by atoms with van der Waals surface area (Å²) in [5.41, 5.74) is 0. The van der Waals surface area contributed by atoms with Gasteiger partial charge in [0.1, 0.15) is 6.23 Å². The molecule has 2 N–H and O–H groups in total. The van der Waals surface area contributed by atoms with E-state index in [1.165, 1.54) is 32.4 Å². The number of rotatable bonds is 5. The summed E-state index contributed by atoms with van der Waals surface area (Å²) in [7, 11) is 0. The van der Waals surface area contributed by atoms with Crippen LogP contribution in [0.4, 0.5) is 0 Å². The van der Waals surface area contributed by atoms with E-state index in [0.717, 1.165) is 19.0 Å². The fraction of sp³-hybridized carbons (Fsp3) is 1.00. The van der Waals surface area contributed by atoms with Crippen molar-refractivity contribution in [2.75, 3.05) is 19.6 Å². The number of hydrogen-bond acceptors (Lipinski definition) is 3. The van der Waals surface area contributed by atoms with E-state index >= 15 is 0 Å². The van der Waals surface area contributed by atoms with Gasteiger partial charge in [0.25, 0.3) is 0 Å². The number of piperidine rings is 1. The molecule has 1 saturated heterocycles. The minimum absolute atomic E-state index is 0. The van der Waals surface area contributed by atoms with Crippen LogP contribution >= 0.6 is 0 Å². The minimum Gasteiger partial charge on any atom is -0.379 e. The minimum atomic E-state index is -0.367. The average Bonchev–Trinajstić information content (AvgIpc) is 2.15. The Hall–Kier alpha value is -0.120. The van der Waals surface area contributed by atoms with E-state index in [0.29, 0.717) is 0 Å². The SMILES string of the molecule is CC(O)NCCCN1CCCCC1C.[HH]. The van der Waals surface area contributed by atoms with Crippen LogP contribution in [-0.2, 0) is 0 Å². The maximum Gasteiger partial charge on any atom is 0.102 e. The first-order valence-electron chi connectivity index (χ1n) is 5.85. The zero-order valence-electron chi connectivity index (χ0n) is 9.50. The molecule has 3 nitrogen and oxygen atoms in total. The molecule has 2 unspecified atom stereocenters. The standard InChI is InChI=1S/C11H24N2O.H2/c1-10-6-3-4-8-13(10)9-5-7-12-11(2)14;/h10-12,14H,3-9H2,1-2H3;1H. The number of likely N-dealkylation sites (tertiary alicyclic amines) is 1. The largest absolute Gasteiger partial charge is 0.379 e. The molecule has 14 heavy (non-hydrogen) atoms. The first-order chi connectivity index (χ1) is 6.70. The van der Waals surface area contributed by atoms with Crippen LogP contribution in [0.1, 0.15) is 41.0 Å². The topological polar surface area (TPSA) is 35.5 Å². The maximum absolute atomic E-state index is 9.02. The predicted molar refractivity (Wildman–Crippen MR) is 61.3 cm³/mol. The van der Waals surface area contributed by atoms with Crippen LogP contribution in [0.5, 0.6) is 0 Å². The summed E-state index contributed by atoms with van der Waals surface area (Å²) in [5, 5.41) is 12.0. The molecule has 0 aliphatic carbocycles. The van der Waals surface area contributed by atoms with Crippen molar-refractivity contribution >= 4 is 0 Å². The van der Waals surface area contributed by atoms with Crippen LogP contribution in [0.2, 0.25) is 0 Å². The fourth-order valence-electron chi connectivity index (χ4n) is 2.08. The maximum atomic E-state index is 9.02. The first kappa shape index (κ1) is 12.0. The molecule has 1 aliphatic heterocycles. The van der Waals surface area contributed by atoms with E-state index in [1.54, 1.807) is 6.92 Å². The molecule has 1 rings (SSSR count). The molecule has 0 saturated carbocycles. The van der Waals surface area contributed by atoms with Gasteiger partial charge in [-0.05, 0) is 52.7 Å².